The van der Waals surface area contributed by atoms with Crippen molar-refractivity contribution < 1.29 is 14.0 Å². The molecule has 0 aliphatic rings. The molecular formula is C29H25FN2O2S. The number of para-hydroxylation sites is 1. The monoisotopic (exact) mass is 484 g/mol. The minimum atomic E-state index is -0.463. The number of hydrogen-bond donors (Lipinski definition) is 2. The van der Waals surface area contributed by atoms with Crippen LogP contribution < -0.4 is 10.6 Å². The van der Waals surface area contributed by atoms with Gasteiger partial charge in [-0.05, 0) is 79.1 Å². The summed E-state index contributed by atoms with van der Waals surface area (Å²) >= 11 is 1.44. The maximum Gasteiger partial charge on any atom is 0.255 e. The van der Waals surface area contributed by atoms with E-state index in [2.05, 4.69) is 10.6 Å². The van der Waals surface area contributed by atoms with Crippen molar-refractivity contribution in [1.29, 1.82) is 0 Å². The number of nitrogens with one attached hydrogen (secondary N) is 2. The summed E-state index contributed by atoms with van der Waals surface area (Å²) in [7, 11) is 0. The molecule has 0 spiro atoms. The predicted octanol–water partition coefficient (Wildman–Crippen LogP) is 7.17. The van der Waals surface area contributed by atoms with Crippen LogP contribution in [0.3, 0.4) is 0 Å². The van der Waals surface area contributed by atoms with Gasteiger partial charge in [0, 0.05) is 21.8 Å². The molecule has 35 heavy (non-hydrogen) atoms. The molecule has 176 valence electrons. The molecule has 1 unspecified atom stereocenters. The summed E-state index contributed by atoms with van der Waals surface area (Å²) in [5.74, 6) is -0.814. The number of benzene rings is 4. The molecule has 2 amide bonds. The number of thioether (sulfide) groups is 1. The maximum absolute atomic E-state index is 13.4. The van der Waals surface area contributed by atoms with Gasteiger partial charge in [0.15, 0.2) is 0 Å². The molecule has 0 saturated carbocycles. The van der Waals surface area contributed by atoms with Gasteiger partial charge in [0.2, 0.25) is 5.91 Å². The van der Waals surface area contributed by atoms with Crippen molar-refractivity contribution in [2.24, 2.45) is 0 Å². The fourth-order valence-electron chi connectivity index (χ4n) is 3.66. The van der Waals surface area contributed by atoms with Gasteiger partial charge in [-0.1, -0.05) is 48.5 Å². The third kappa shape index (κ3) is 6.16. The zero-order valence-electron chi connectivity index (χ0n) is 19.4. The number of carbonyl (C=O) groups excluding carboxylic acids is 2. The van der Waals surface area contributed by atoms with Crippen molar-refractivity contribution >= 4 is 35.0 Å². The van der Waals surface area contributed by atoms with Gasteiger partial charge in [-0.2, -0.15) is 0 Å². The average molecular weight is 485 g/mol. The second kappa shape index (κ2) is 11.0. The van der Waals surface area contributed by atoms with Crippen LogP contribution in [0.25, 0.3) is 0 Å². The Hall–Kier alpha value is -3.90. The van der Waals surface area contributed by atoms with Crippen LogP contribution in [-0.2, 0) is 4.79 Å². The van der Waals surface area contributed by atoms with Crippen LogP contribution in [0.4, 0.5) is 15.8 Å². The number of aryl methyl sites for hydroxylation is 2. The van der Waals surface area contributed by atoms with E-state index in [1.165, 1.54) is 36.0 Å². The Balaban J connectivity index is 1.50. The van der Waals surface area contributed by atoms with E-state index in [1.807, 2.05) is 74.5 Å². The van der Waals surface area contributed by atoms with Crippen molar-refractivity contribution in [2.75, 3.05) is 10.6 Å². The summed E-state index contributed by atoms with van der Waals surface area (Å²) in [6.45, 7) is 3.96. The summed E-state index contributed by atoms with van der Waals surface area (Å²) < 4.78 is 13.1. The van der Waals surface area contributed by atoms with Crippen LogP contribution in [0.2, 0.25) is 0 Å². The van der Waals surface area contributed by atoms with E-state index in [0.717, 1.165) is 27.3 Å². The molecule has 0 aromatic heterocycles. The smallest absolute Gasteiger partial charge is 0.255 e. The highest BCUT2D eigenvalue weighted by molar-refractivity contribution is 8.00. The van der Waals surface area contributed by atoms with Gasteiger partial charge in [-0.15, -0.1) is 11.8 Å². The van der Waals surface area contributed by atoms with E-state index in [4.69, 9.17) is 0 Å². The van der Waals surface area contributed by atoms with E-state index >= 15 is 0 Å². The summed E-state index contributed by atoms with van der Waals surface area (Å²) in [6.07, 6.45) is 0. The van der Waals surface area contributed by atoms with Gasteiger partial charge >= 0.3 is 0 Å². The molecule has 0 heterocycles. The van der Waals surface area contributed by atoms with Gasteiger partial charge in [0.1, 0.15) is 11.1 Å². The van der Waals surface area contributed by atoms with Crippen LogP contribution in [0.15, 0.2) is 102 Å². The van der Waals surface area contributed by atoms with Crippen LogP contribution in [0, 0.1) is 19.7 Å². The lowest BCUT2D eigenvalue weighted by Crippen LogP contribution is -2.20. The van der Waals surface area contributed by atoms with E-state index in [-0.39, 0.29) is 11.8 Å². The topological polar surface area (TPSA) is 58.2 Å². The van der Waals surface area contributed by atoms with Crippen LogP contribution >= 0.6 is 11.8 Å². The normalized spacial score (nSPS) is 11.5. The fourth-order valence-corrected chi connectivity index (χ4v) is 4.68. The van der Waals surface area contributed by atoms with E-state index in [1.54, 1.807) is 12.1 Å². The van der Waals surface area contributed by atoms with E-state index in [9.17, 15) is 14.0 Å². The van der Waals surface area contributed by atoms with E-state index in [0.29, 0.717) is 11.3 Å². The van der Waals surface area contributed by atoms with Crippen LogP contribution in [-0.4, -0.2) is 11.8 Å². The largest absolute Gasteiger partial charge is 0.324 e. The Bertz CT molecular complexity index is 1300. The number of carbonyl (C=O) groups is 2. The lowest BCUT2D eigenvalue weighted by Gasteiger charge is -2.19. The number of anilines is 2. The summed E-state index contributed by atoms with van der Waals surface area (Å²) in [6, 6.07) is 28.3. The van der Waals surface area contributed by atoms with Crippen molar-refractivity contribution in [3.05, 3.63) is 125 Å². The van der Waals surface area contributed by atoms with Gasteiger partial charge in [0.25, 0.3) is 5.91 Å². The summed E-state index contributed by atoms with van der Waals surface area (Å²) in [5, 5.41) is 5.46. The summed E-state index contributed by atoms with van der Waals surface area (Å²) in [5.41, 5.74) is 4.73. The van der Waals surface area contributed by atoms with Crippen LogP contribution in [0.5, 0.6) is 0 Å². The Kier molecular flexibility index (Phi) is 7.63. The second-order valence-electron chi connectivity index (χ2n) is 8.15. The fraction of sp³-hybridized carbons (Fsp3) is 0.103. The first-order valence-electron chi connectivity index (χ1n) is 11.2. The molecule has 2 N–H and O–H groups in total. The van der Waals surface area contributed by atoms with Crippen molar-refractivity contribution in [3.8, 4) is 0 Å². The molecule has 6 heteroatoms. The van der Waals surface area contributed by atoms with Crippen LogP contribution in [0.1, 0.15) is 32.3 Å². The molecule has 4 aromatic rings. The summed E-state index contributed by atoms with van der Waals surface area (Å²) in [4.78, 5) is 26.7. The lowest BCUT2D eigenvalue weighted by atomic mass is 10.1. The maximum atomic E-state index is 13.4. The van der Waals surface area contributed by atoms with Gasteiger partial charge < -0.3 is 10.6 Å². The third-order valence-electron chi connectivity index (χ3n) is 5.54. The Labute approximate surface area is 208 Å². The zero-order chi connectivity index (χ0) is 24.8. The van der Waals surface area contributed by atoms with E-state index < -0.39 is 11.1 Å². The highest BCUT2D eigenvalue weighted by Gasteiger charge is 2.23. The third-order valence-corrected chi connectivity index (χ3v) is 6.81. The van der Waals surface area contributed by atoms with Crippen molar-refractivity contribution in [2.45, 2.75) is 24.0 Å². The minimum absolute atomic E-state index is 0.104. The second-order valence-corrected chi connectivity index (χ2v) is 9.33. The molecule has 0 aliphatic carbocycles. The molecule has 4 nitrogen and oxygen atoms in total. The standard InChI is InChI=1S/C29H25FN2O2S/c1-19-7-6-8-20(2)26(19)32-29(34)27(21-9-4-3-5-10-21)35-25-17-15-24(16-18-25)31-28(33)22-11-13-23(30)14-12-22/h3-18,27H,1-2H3,(H,31,33)(H,32,34). The quantitative estimate of drug-likeness (QED) is 0.274. The number of halogens is 1. The first-order chi connectivity index (χ1) is 16.9. The molecule has 0 fully saturated rings. The SMILES string of the molecule is Cc1cccc(C)c1NC(=O)C(Sc1ccc(NC(=O)c2ccc(F)cc2)cc1)c1ccccc1. The number of rotatable bonds is 7. The molecule has 4 aromatic carbocycles. The molecule has 4 rings (SSSR count). The van der Waals surface area contributed by atoms with Gasteiger partial charge in [0.05, 0.1) is 0 Å². The lowest BCUT2D eigenvalue weighted by molar-refractivity contribution is -0.115. The van der Waals surface area contributed by atoms with Crippen molar-refractivity contribution in [1.82, 2.24) is 0 Å². The molecule has 0 bridgehead atoms. The Morgan fingerprint density at radius 3 is 2.00 bits per heavy atom. The Morgan fingerprint density at radius 2 is 1.37 bits per heavy atom. The zero-order valence-corrected chi connectivity index (χ0v) is 20.2. The first kappa shape index (κ1) is 24.2. The molecule has 0 aliphatic heterocycles. The highest BCUT2D eigenvalue weighted by atomic mass is 32.2. The molecule has 0 saturated heterocycles. The average Bonchev–Trinajstić information content (AvgIpc) is 2.86. The number of hydrogen-bond acceptors (Lipinski definition) is 3. The number of amides is 2. The minimum Gasteiger partial charge on any atom is -0.324 e. The van der Waals surface area contributed by atoms with Crippen molar-refractivity contribution in [3.63, 3.8) is 0 Å². The van der Waals surface area contributed by atoms with Gasteiger partial charge in [-0.3, -0.25) is 9.59 Å². The predicted molar refractivity (Wildman–Crippen MR) is 140 cm³/mol. The Morgan fingerprint density at radius 1 is 0.743 bits per heavy atom. The molecule has 0 radical (unpaired) electrons. The highest BCUT2D eigenvalue weighted by Crippen LogP contribution is 2.37. The van der Waals surface area contributed by atoms with Gasteiger partial charge in [-0.25, -0.2) is 4.39 Å². The molecule has 1 atom stereocenters. The molecular weight excluding hydrogens is 459 g/mol. The first-order valence-corrected chi connectivity index (χ1v) is 12.0.